The molecule has 0 unspecified atom stereocenters. The second kappa shape index (κ2) is 6.59. The maximum atomic E-state index is 11.7. The highest BCUT2D eigenvalue weighted by Crippen LogP contribution is 1.95. The van der Waals surface area contributed by atoms with E-state index in [0.717, 1.165) is 18.7 Å². The molecule has 102 valence electrons. The fourth-order valence-corrected chi connectivity index (χ4v) is 1.54. The summed E-state index contributed by atoms with van der Waals surface area (Å²) < 4.78 is 1.55. The molecule has 0 aliphatic rings. The molecule has 0 aromatic carbocycles. The van der Waals surface area contributed by atoms with Crippen LogP contribution in [0.3, 0.4) is 0 Å². The van der Waals surface area contributed by atoms with Crippen molar-refractivity contribution in [2.75, 3.05) is 13.1 Å². The van der Waals surface area contributed by atoms with Crippen LogP contribution in [0.25, 0.3) is 0 Å². The van der Waals surface area contributed by atoms with Crippen LogP contribution in [0.1, 0.15) is 22.7 Å². The number of aromatic nitrogens is 6. The maximum Gasteiger partial charge on any atom is 0.273 e. The molecule has 9 nitrogen and oxygen atoms in total. The second-order valence-electron chi connectivity index (χ2n) is 3.95. The Bertz CT molecular complexity index is 505. The van der Waals surface area contributed by atoms with Gasteiger partial charge in [-0.15, -0.1) is 5.10 Å². The zero-order valence-corrected chi connectivity index (χ0v) is 10.4. The molecule has 19 heavy (non-hydrogen) atoms. The Morgan fingerprint density at radius 3 is 3.16 bits per heavy atom. The summed E-state index contributed by atoms with van der Waals surface area (Å²) in [5, 5.41) is 16.9. The normalized spacial score (nSPS) is 10.6. The number of amides is 1. The van der Waals surface area contributed by atoms with Crippen molar-refractivity contribution >= 4 is 5.91 Å². The lowest BCUT2D eigenvalue weighted by molar-refractivity contribution is 0.0948. The van der Waals surface area contributed by atoms with Gasteiger partial charge in [0.2, 0.25) is 0 Å². The fraction of sp³-hybridized carbons (Fsp3) is 0.500. The minimum absolute atomic E-state index is 0.235. The van der Waals surface area contributed by atoms with Crippen molar-refractivity contribution in [1.82, 2.24) is 35.5 Å². The first kappa shape index (κ1) is 13.1. The SMILES string of the molecule is NCCn1cc(C(=O)NCCCc2ncn[nH]2)nn1. The van der Waals surface area contributed by atoms with E-state index in [-0.39, 0.29) is 5.91 Å². The first-order valence-electron chi connectivity index (χ1n) is 6.02. The molecule has 0 bridgehead atoms. The number of aryl methyl sites for hydroxylation is 1. The zero-order chi connectivity index (χ0) is 13.5. The monoisotopic (exact) mass is 264 g/mol. The van der Waals surface area contributed by atoms with Gasteiger partial charge in [0.05, 0.1) is 12.7 Å². The van der Waals surface area contributed by atoms with Gasteiger partial charge in [0, 0.05) is 19.5 Å². The van der Waals surface area contributed by atoms with Crippen molar-refractivity contribution in [3.8, 4) is 0 Å². The molecule has 2 heterocycles. The Morgan fingerprint density at radius 1 is 1.53 bits per heavy atom. The summed E-state index contributed by atoms with van der Waals surface area (Å²) in [6.45, 7) is 1.55. The van der Waals surface area contributed by atoms with E-state index in [9.17, 15) is 4.79 Å². The average molecular weight is 264 g/mol. The lowest BCUT2D eigenvalue weighted by Crippen LogP contribution is -2.25. The predicted octanol–water partition coefficient (Wildman–Crippen LogP) is -1.28. The minimum atomic E-state index is -0.235. The number of hydrogen-bond acceptors (Lipinski definition) is 6. The molecule has 0 fully saturated rings. The molecule has 0 aliphatic heterocycles. The Morgan fingerprint density at radius 2 is 2.42 bits per heavy atom. The van der Waals surface area contributed by atoms with Crippen LogP contribution in [-0.2, 0) is 13.0 Å². The summed E-state index contributed by atoms with van der Waals surface area (Å²) in [6.07, 6.45) is 4.56. The highest BCUT2D eigenvalue weighted by Gasteiger charge is 2.09. The topological polar surface area (TPSA) is 127 Å². The second-order valence-corrected chi connectivity index (χ2v) is 3.95. The molecular formula is C10H16N8O. The van der Waals surface area contributed by atoms with Gasteiger partial charge in [-0.05, 0) is 6.42 Å². The van der Waals surface area contributed by atoms with E-state index in [4.69, 9.17) is 5.73 Å². The summed E-state index contributed by atoms with van der Waals surface area (Å²) in [4.78, 5) is 15.7. The van der Waals surface area contributed by atoms with E-state index in [0.29, 0.717) is 25.3 Å². The van der Waals surface area contributed by atoms with Gasteiger partial charge in [0.15, 0.2) is 5.69 Å². The fourth-order valence-electron chi connectivity index (χ4n) is 1.54. The molecule has 1 amide bonds. The molecule has 4 N–H and O–H groups in total. The van der Waals surface area contributed by atoms with Crippen molar-refractivity contribution in [2.24, 2.45) is 5.73 Å². The standard InChI is InChI=1S/C10H16N8O/c11-3-5-18-6-8(15-17-18)10(19)12-4-1-2-9-13-7-14-16-9/h6-7H,1-5,11H2,(H,12,19)(H,13,14,16). The quantitative estimate of drug-likeness (QED) is 0.534. The molecule has 9 heteroatoms. The van der Waals surface area contributed by atoms with E-state index < -0.39 is 0 Å². The van der Waals surface area contributed by atoms with Gasteiger partial charge in [-0.3, -0.25) is 14.6 Å². The van der Waals surface area contributed by atoms with Crippen LogP contribution in [0.15, 0.2) is 12.5 Å². The number of aromatic amines is 1. The molecular weight excluding hydrogens is 248 g/mol. The summed E-state index contributed by atoms with van der Waals surface area (Å²) in [7, 11) is 0. The van der Waals surface area contributed by atoms with E-state index in [1.54, 1.807) is 10.9 Å². The van der Waals surface area contributed by atoms with Crippen LogP contribution in [0.4, 0.5) is 0 Å². The van der Waals surface area contributed by atoms with Crippen LogP contribution < -0.4 is 11.1 Å². The van der Waals surface area contributed by atoms with Crippen molar-refractivity contribution in [3.05, 3.63) is 24.0 Å². The van der Waals surface area contributed by atoms with Crippen molar-refractivity contribution < 1.29 is 4.79 Å². The molecule has 0 saturated carbocycles. The number of carbonyl (C=O) groups is 1. The smallest absolute Gasteiger partial charge is 0.273 e. The van der Waals surface area contributed by atoms with E-state index in [1.807, 2.05) is 0 Å². The van der Waals surface area contributed by atoms with E-state index >= 15 is 0 Å². The highest BCUT2D eigenvalue weighted by atomic mass is 16.2. The molecule has 0 spiro atoms. The minimum Gasteiger partial charge on any atom is -0.351 e. The summed E-state index contributed by atoms with van der Waals surface area (Å²) >= 11 is 0. The van der Waals surface area contributed by atoms with Gasteiger partial charge in [-0.25, -0.2) is 4.98 Å². The zero-order valence-electron chi connectivity index (χ0n) is 10.4. The predicted molar refractivity (Wildman–Crippen MR) is 66.1 cm³/mol. The summed E-state index contributed by atoms with van der Waals surface area (Å²) in [6, 6.07) is 0. The molecule has 0 radical (unpaired) electrons. The van der Waals surface area contributed by atoms with Gasteiger partial charge >= 0.3 is 0 Å². The van der Waals surface area contributed by atoms with E-state index in [2.05, 4.69) is 30.8 Å². The molecule has 2 aromatic rings. The van der Waals surface area contributed by atoms with Gasteiger partial charge in [-0.2, -0.15) is 5.10 Å². The Labute approximate surface area is 109 Å². The van der Waals surface area contributed by atoms with Crippen molar-refractivity contribution in [3.63, 3.8) is 0 Å². The number of nitrogens with two attached hydrogens (primary N) is 1. The number of nitrogens with zero attached hydrogens (tertiary/aromatic N) is 5. The largest absolute Gasteiger partial charge is 0.351 e. The Kier molecular flexibility index (Phi) is 4.56. The number of carbonyl (C=O) groups excluding carboxylic acids is 1. The first-order chi connectivity index (χ1) is 9.29. The number of nitrogens with one attached hydrogen (secondary N) is 2. The average Bonchev–Trinajstić information content (AvgIpc) is 3.06. The lowest BCUT2D eigenvalue weighted by Gasteiger charge is -2.01. The van der Waals surface area contributed by atoms with Crippen molar-refractivity contribution in [1.29, 1.82) is 0 Å². The molecule has 2 rings (SSSR count). The number of rotatable bonds is 7. The number of H-pyrrole nitrogens is 1. The summed E-state index contributed by atoms with van der Waals surface area (Å²) in [5.41, 5.74) is 5.69. The number of hydrogen-bond donors (Lipinski definition) is 3. The van der Waals surface area contributed by atoms with Crippen LogP contribution in [0.2, 0.25) is 0 Å². The lowest BCUT2D eigenvalue weighted by atomic mass is 10.3. The van der Waals surface area contributed by atoms with Crippen LogP contribution >= 0.6 is 0 Å². The first-order valence-corrected chi connectivity index (χ1v) is 6.02. The van der Waals surface area contributed by atoms with Gasteiger partial charge < -0.3 is 11.1 Å². The molecule has 0 atom stereocenters. The molecule has 0 saturated heterocycles. The Balaban J connectivity index is 1.71. The maximum absolute atomic E-state index is 11.7. The van der Waals surface area contributed by atoms with Crippen LogP contribution in [0.5, 0.6) is 0 Å². The third kappa shape index (κ3) is 3.85. The van der Waals surface area contributed by atoms with E-state index in [1.165, 1.54) is 6.33 Å². The van der Waals surface area contributed by atoms with Gasteiger partial charge in [0.1, 0.15) is 12.2 Å². The molecule has 0 aliphatic carbocycles. The highest BCUT2D eigenvalue weighted by molar-refractivity contribution is 5.91. The molecule has 2 aromatic heterocycles. The van der Waals surface area contributed by atoms with Crippen LogP contribution in [-0.4, -0.2) is 49.2 Å². The van der Waals surface area contributed by atoms with Gasteiger partial charge in [0.25, 0.3) is 5.91 Å². The van der Waals surface area contributed by atoms with Gasteiger partial charge in [-0.1, -0.05) is 5.21 Å². The third-order valence-electron chi connectivity index (χ3n) is 2.47. The summed E-state index contributed by atoms with van der Waals surface area (Å²) in [5.74, 6) is 0.573. The third-order valence-corrected chi connectivity index (χ3v) is 2.47. The Hall–Kier alpha value is -2.29. The van der Waals surface area contributed by atoms with Crippen molar-refractivity contribution in [2.45, 2.75) is 19.4 Å². The van der Waals surface area contributed by atoms with Crippen LogP contribution in [0, 0.1) is 0 Å².